The second-order valence-electron chi connectivity index (χ2n) is 4.29. The van der Waals surface area contributed by atoms with Gasteiger partial charge in [-0.05, 0) is 94.4 Å². The Bertz CT molecular complexity index is 566. The lowest BCUT2D eigenvalue weighted by Crippen LogP contribution is -1.89. The van der Waals surface area contributed by atoms with Crippen molar-refractivity contribution in [3.63, 3.8) is 0 Å². The zero-order valence-electron chi connectivity index (χ0n) is 9.96. The van der Waals surface area contributed by atoms with Gasteiger partial charge >= 0.3 is 0 Å². The van der Waals surface area contributed by atoms with Crippen molar-refractivity contribution in [1.29, 1.82) is 0 Å². The van der Waals surface area contributed by atoms with Gasteiger partial charge < -0.3 is 10.2 Å². The highest BCUT2D eigenvalue weighted by Crippen LogP contribution is 2.41. The predicted molar refractivity (Wildman–Crippen MR) is 90.1 cm³/mol. The third-order valence-electron chi connectivity index (χ3n) is 2.71. The van der Waals surface area contributed by atoms with Crippen LogP contribution in [-0.4, -0.2) is 10.2 Å². The molecular formula is C14H12I2O2. The smallest absolute Gasteiger partial charge is 0.136 e. The average Bonchev–Trinajstić information content (AvgIpc) is 2.28. The number of aryl methyl sites for hydroxylation is 2. The third-order valence-corrected chi connectivity index (χ3v) is 4.35. The van der Waals surface area contributed by atoms with Crippen LogP contribution in [0.2, 0.25) is 0 Å². The first-order valence-corrected chi connectivity index (χ1v) is 7.54. The van der Waals surface area contributed by atoms with Crippen molar-refractivity contribution in [3.05, 3.63) is 42.5 Å². The SMILES string of the molecule is Cc1cc(I)c(O)c(-c2cc(C)cc(I)c2O)c1. The van der Waals surface area contributed by atoms with Crippen LogP contribution in [0, 0.1) is 21.0 Å². The van der Waals surface area contributed by atoms with Crippen molar-refractivity contribution in [2.75, 3.05) is 0 Å². The average molecular weight is 466 g/mol. The van der Waals surface area contributed by atoms with Crippen LogP contribution in [0.1, 0.15) is 11.1 Å². The molecule has 2 aromatic carbocycles. The lowest BCUT2D eigenvalue weighted by atomic mass is 10.00. The lowest BCUT2D eigenvalue weighted by Gasteiger charge is -2.12. The lowest BCUT2D eigenvalue weighted by molar-refractivity contribution is 0.465. The maximum Gasteiger partial charge on any atom is 0.136 e. The van der Waals surface area contributed by atoms with Gasteiger partial charge in [0, 0.05) is 11.1 Å². The number of halogens is 2. The van der Waals surface area contributed by atoms with Crippen LogP contribution in [0.3, 0.4) is 0 Å². The standard InChI is InChI=1S/C14H12I2O2/c1-7-3-9(13(17)11(15)5-7)10-4-8(2)6-12(16)14(10)18/h3-6,17-18H,1-2H3. The summed E-state index contributed by atoms with van der Waals surface area (Å²) < 4.78 is 1.58. The van der Waals surface area contributed by atoms with Crippen LogP contribution in [0.15, 0.2) is 24.3 Å². The quantitative estimate of drug-likeness (QED) is 0.605. The molecule has 0 atom stereocenters. The number of phenolic OH excluding ortho intramolecular Hbond substituents is 2. The second kappa shape index (κ2) is 5.24. The molecule has 0 aliphatic carbocycles. The molecule has 0 aliphatic heterocycles. The van der Waals surface area contributed by atoms with Crippen molar-refractivity contribution in [2.45, 2.75) is 13.8 Å². The third kappa shape index (κ3) is 2.59. The van der Waals surface area contributed by atoms with Crippen LogP contribution < -0.4 is 0 Å². The molecule has 0 spiro atoms. The first-order chi connectivity index (χ1) is 8.40. The summed E-state index contributed by atoms with van der Waals surface area (Å²) in [6.07, 6.45) is 0. The molecule has 0 saturated heterocycles. The Morgan fingerprint density at radius 3 is 1.39 bits per heavy atom. The van der Waals surface area contributed by atoms with E-state index in [9.17, 15) is 10.2 Å². The molecule has 2 N–H and O–H groups in total. The van der Waals surface area contributed by atoms with Gasteiger partial charge in [-0.25, -0.2) is 0 Å². The fraction of sp³-hybridized carbons (Fsp3) is 0.143. The van der Waals surface area contributed by atoms with E-state index in [4.69, 9.17) is 0 Å². The van der Waals surface area contributed by atoms with E-state index in [1.54, 1.807) is 0 Å². The molecule has 0 saturated carbocycles. The van der Waals surface area contributed by atoms with E-state index < -0.39 is 0 Å². The Balaban J connectivity index is 2.77. The molecule has 0 amide bonds. The maximum absolute atomic E-state index is 10.2. The minimum absolute atomic E-state index is 0.220. The van der Waals surface area contributed by atoms with Crippen molar-refractivity contribution >= 4 is 45.2 Å². The molecule has 0 unspecified atom stereocenters. The highest BCUT2D eigenvalue weighted by molar-refractivity contribution is 14.1. The van der Waals surface area contributed by atoms with E-state index >= 15 is 0 Å². The van der Waals surface area contributed by atoms with Gasteiger partial charge in [-0.15, -0.1) is 0 Å². The van der Waals surface area contributed by atoms with Gasteiger partial charge in [-0.3, -0.25) is 0 Å². The van der Waals surface area contributed by atoms with E-state index in [1.165, 1.54) is 0 Å². The Kier molecular flexibility index (Phi) is 4.05. The molecule has 0 fully saturated rings. The minimum atomic E-state index is 0.220. The molecule has 0 aromatic heterocycles. The number of hydrogen-bond donors (Lipinski definition) is 2. The largest absolute Gasteiger partial charge is 0.506 e. The Morgan fingerprint density at radius 1 is 0.722 bits per heavy atom. The van der Waals surface area contributed by atoms with Crippen LogP contribution in [0.5, 0.6) is 11.5 Å². The molecule has 94 valence electrons. The summed E-state index contributed by atoms with van der Waals surface area (Å²) in [6, 6.07) is 7.61. The number of rotatable bonds is 1. The Hall–Kier alpha value is -0.500. The first-order valence-electron chi connectivity index (χ1n) is 5.38. The van der Waals surface area contributed by atoms with E-state index in [0.717, 1.165) is 18.3 Å². The van der Waals surface area contributed by atoms with Crippen molar-refractivity contribution in [1.82, 2.24) is 0 Å². The van der Waals surface area contributed by atoms with Crippen molar-refractivity contribution < 1.29 is 10.2 Å². The summed E-state index contributed by atoms with van der Waals surface area (Å²) >= 11 is 4.20. The van der Waals surface area contributed by atoms with Gasteiger partial charge in [-0.2, -0.15) is 0 Å². The van der Waals surface area contributed by atoms with E-state index in [2.05, 4.69) is 45.2 Å². The summed E-state index contributed by atoms with van der Waals surface area (Å²) in [5, 5.41) is 20.3. The van der Waals surface area contributed by atoms with Gasteiger partial charge in [-0.1, -0.05) is 0 Å². The molecule has 2 aromatic rings. The summed E-state index contributed by atoms with van der Waals surface area (Å²) in [6.45, 7) is 3.95. The molecule has 18 heavy (non-hydrogen) atoms. The topological polar surface area (TPSA) is 40.5 Å². The number of aromatic hydroxyl groups is 2. The van der Waals surface area contributed by atoms with Crippen LogP contribution >= 0.6 is 45.2 Å². The van der Waals surface area contributed by atoms with E-state index in [1.807, 2.05) is 38.1 Å². The molecule has 2 rings (SSSR count). The van der Waals surface area contributed by atoms with Gasteiger partial charge in [0.15, 0.2) is 0 Å². The molecule has 4 heteroatoms. The predicted octanol–water partition coefficient (Wildman–Crippen LogP) is 4.59. The molecule has 0 heterocycles. The molecule has 0 bridgehead atoms. The summed E-state index contributed by atoms with van der Waals surface area (Å²) in [4.78, 5) is 0. The molecule has 0 aliphatic rings. The monoisotopic (exact) mass is 466 g/mol. The van der Waals surface area contributed by atoms with Gasteiger partial charge in [0.2, 0.25) is 0 Å². The summed E-state index contributed by atoms with van der Waals surface area (Å²) in [5.41, 5.74) is 3.48. The summed E-state index contributed by atoms with van der Waals surface area (Å²) in [7, 11) is 0. The normalized spacial score (nSPS) is 10.7. The minimum Gasteiger partial charge on any atom is -0.506 e. The second-order valence-corrected chi connectivity index (χ2v) is 6.61. The van der Waals surface area contributed by atoms with E-state index in [-0.39, 0.29) is 11.5 Å². The fourth-order valence-electron chi connectivity index (χ4n) is 1.88. The van der Waals surface area contributed by atoms with Gasteiger partial charge in [0.25, 0.3) is 0 Å². The highest BCUT2D eigenvalue weighted by Gasteiger charge is 2.14. The van der Waals surface area contributed by atoms with Gasteiger partial charge in [0.1, 0.15) is 11.5 Å². The highest BCUT2D eigenvalue weighted by atomic mass is 127. The van der Waals surface area contributed by atoms with Crippen LogP contribution in [0.25, 0.3) is 11.1 Å². The number of phenols is 2. The molecule has 0 radical (unpaired) electrons. The first kappa shape index (κ1) is 13.9. The van der Waals surface area contributed by atoms with Crippen molar-refractivity contribution in [2.24, 2.45) is 0 Å². The zero-order valence-corrected chi connectivity index (χ0v) is 14.3. The van der Waals surface area contributed by atoms with Crippen LogP contribution in [-0.2, 0) is 0 Å². The number of hydrogen-bond acceptors (Lipinski definition) is 2. The zero-order chi connectivity index (χ0) is 13.4. The maximum atomic E-state index is 10.2. The summed E-state index contributed by atoms with van der Waals surface area (Å²) in [5.74, 6) is 0.441. The van der Waals surface area contributed by atoms with Crippen LogP contribution in [0.4, 0.5) is 0 Å². The van der Waals surface area contributed by atoms with Crippen molar-refractivity contribution in [3.8, 4) is 22.6 Å². The fourth-order valence-corrected chi connectivity index (χ4v) is 3.44. The Morgan fingerprint density at radius 2 is 1.06 bits per heavy atom. The Labute approximate surface area is 133 Å². The number of benzene rings is 2. The van der Waals surface area contributed by atoms with Gasteiger partial charge in [0.05, 0.1) is 7.14 Å². The molecule has 2 nitrogen and oxygen atoms in total. The molecular weight excluding hydrogens is 454 g/mol. The van der Waals surface area contributed by atoms with E-state index in [0.29, 0.717) is 11.1 Å².